The van der Waals surface area contributed by atoms with Crippen LogP contribution in [-0.4, -0.2) is 31.6 Å². The second-order valence-electron chi connectivity index (χ2n) is 4.15. The molecule has 0 bridgehead atoms. The predicted molar refractivity (Wildman–Crippen MR) is 69.1 cm³/mol. The second kappa shape index (κ2) is 10.0. The molecule has 0 aromatic heterocycles. The topological polar surface area (TPSA) is 15.3 Å². The van der Waals surface area contributed by atoms with Gasteiger partial charge in [0.2, 0.25) is 0 Å². The van der Waals surface area contributed by atoms with Crippen molar-refractivity contribution in [3.8, 4) is 0 Å². The Morgan fingerprint density at radius 3 is 2.13 bits per heavy atom. The lowest BCUT2D eigenvalue weighted by Gasteiger charge is -2.20. The Morgan fingerprint density at radius 2 is 1.67 bits per heavy atom. The van der Waals surface area contributed by atoms with Crippen LogP contribution >= 0.6 is 0 Å². The van der Waals surface area contributed by atoms with E-state index >= 15 is 0 Å². The number of hydrogen-bond acceptors (Lipinski definition) is 2. The first-order valence-corrected chi connectivity index (χ1v) is 6.32. The summed E-state index contributed by atoms with van der Waals surface area (Å²) in [4.78, 5) is 2.57. The van der Waals surface area contributed by atoms with Crippen LogP contribution in [0, 0.1) is 0 Å². The van der Waals surface area contributed by atoms with E-state index < -0.39 is 0 Å². The zero-order valence-corrected chi connectivity index (χ0v) is 10.8. The van der Waals surface area contributed by atoms with Gasteiger partial charge in [-0.25, -0.2) is 0 Å². The molecule has 0 radical (unpaired) electrons. The van der Waals surface area contributed by atoms with Crippen LogP contribution in [0.2, 0.25) is 0 Å². The number of hydrogen-bond donors (Lipinski definition) is 1. The molecule has 1 N–H and O–H groups in total. The van der Waals surface area contributed by atoms with Gasteiger partial charge in [-0.3, -0.25) is 0 Å². The number of rotatable bonds is 10. The lowest BCUT2D eigenvalue weighted by atomic mass is 10.2. The first-order chi connectivity index (χ1) is 7.24. The molecule has 0 saturated heterocycles. The average Bonchev–Trinajstić information content (AvgIpc) is 2.24. The van der Waals surface area contributed by atoms with E-state index in [9.17, 15) is 0 Å². The van der Waals surface area contributed by atoms with Crippen LogP contribution in [-0.2, 0) is 0 Å². The van der Waals surface area contributed by atoms with Crippen LogP contribution in [0.15, 0.2) is 12.3 Å². The van der Waals surface area contributed by atoms with Gasteiger partial charge in [0.1, 0.15) is 0 Å². The molecule has 15 heavy (non-hydrogen) atoms. The summed E-state index contributed by atoms with van der Waals surface area (Å²) in [5, 5.41) is 3.10. The van der Waals surface area contributed by atoms with Crippen LogP contribution in [0.25, 0.3) is 0 Å². The van der Waals surface area contributed by atoms with Crippen molar-refractivity contribution >= 4 is 0 Å². The zero-order valence-electron chi connectivity index (χ0n) is 10.8. The summed E-state index contributed by atoms with van der Waals surface area (Å²) in [6.45, 7) is 12.2. The maximum absolute atomic E-state index is 3.94. The predicted octanol–water partition coefficient (Wildman–Crippen LogP) is 3.01. The fraction of sp³-hybridized carbons (Fsp3) is 0.846. The van der Waals surface area contributed by atoms with Gasteiger partial charge >= 0.3 is 0 Å². The number of nitrogens with zero attached hydrogens (tertiary/aromatic N) is 1. The standard InChI is InChI=1S/C13H28N2/c1-5-10-15(11-6-2)12-8-7-9-13(3)14-4/h14H,3,5-12H2,1-2,4H3. The highest BCUT2D eigenvalue weighted by Gasteiger charge is 2.01. The first-order valence-electron chi connectivity index (χ1n) is 6.32. The van der Waals surface area contributed by atoms with Gasteiger partial charge in [0.15, 0.2) is 0 Å². The summed E-state index contributed by atoms with van der Waals surface area (Å²) in [6.07, 6.45) is 6.19. The third-order valence-corrected chi connectivity index (χ3v) is 2.64. The monoisotopic (exact) mass is 212 g/mol. The lowest BCUT2D eigenvalue weighted by molar-refractivity contribution is 0.269. The Morgan fingerprint density at radius 1 is 1.07 bits per heavy atom. The molecule has 0 aliphatic rings. The largest absolute Gasteiger partial charge is 0.392 e. The van der Waals surface area contributed by atoms with Crippen molar-refractivity contribution in [2.75, 3.05) is 26.7 Å². The van der Waals surface area contributed by atoms with Crippen LogP contribution in [0.4, 0.5) is 0 Å². The van der Waals surface area contributed by atoms with Crippen LogP contribution in [0.1, 0.15) is 46.0 Å². The summed E-state index contributed by atoms with van der Waals surface area (Å²) >= 11 is 0. The van der Waals surface area contributed by atoms with Crippen LogP contribution in [0.3, 0.4) is 0 Å². The molecule has 0 aromatic carbocycles. The molecule has 0 spiro atoms. The van der Waals surface area contributed by atoms with Crippen molar-refractivity contribution in [3.05, 3.63) is 12.3 Å². The van der Waals surface area contributed by atoms with E-state index in [0.29, 0.717) is 0 Å². The summed E-state index contributed by atoms with van der Waals surface area (Å²) in [6, 6.07) is 0. The Balaban J connectivity index is 3.48. The maximum Gasteiger partial charge on any atom is 0.00310 e. The summed E-state index contributed by atoms with van der Waals surface area (Å²) < 4.78 is 0. The molecule has 90 valence electrons. The Labute approximate surface area is 95.7 Å². The SMILES string of the molecule is C=C(CCCCN(CCC)CCC)NC. The zero-order chi connectivity index (χ0) is 11.5. The van der Waals surface area contributed by atoms with Crippen molar-refractivity contribution < 1.29 is 0 Å². The quantitative estimate of drug-likeness (QED) is 0.560. The van der Waals surface area contributed by atoms with E-state index in [1.807, 2.05) is 7.05 Å². The van der Waals surface area contributed by atoms with Crippen molar-refractivity contribution in [2.24, 2.45) is 0 Å². The fourth-order valence-electron chi connectivity index (χ4n) is 1.77. The van der Waals surface area contributed by atoms with Gasteiger partial charge in [0.25, 0.3) is 0 Å². The summed E-state index contributed by atoms with van der Waals surface area (Å²) in [5.41, 5.74) is 1.16. The van der Waals surface area contributed by atoms with E-state index in [1.165, 1.54) is 45.3 Å². The third kappa shape index (κ3) is 8.49. The normalized spacial score (nSPS) is 10.7. The molecule has 0 aromatic rings. The number of nitrogens with one attached hydrogen (secondary N) is 1. The van der Waals surface area contributed by atoms with Gasteiger partial charge in [-0.1, -0.05) is 20.4 Å². The Bertz CT molecular complexity index is 149. The highest BCUT2D eigenvalue weighted by molar-refractivity contribution is 4.88. The van der Waals surface area contributed by atoms with Crippen molar-refractivity contribution in [2.45, 2.75) is 46.0 Å². The maximum atomic E-state index is 3.94. The molecule has 0 unspecified atom stereocenters. The van der Waals surface area contributed by atoms with E-state index in [1.54, 1.807) is 0 Å². The van der Waals surface area contributed by atoms with Crippen molar-refractivity contribution in [3.63, 3.8) is 0 Å². The second-order valence-corrected chi connectivity index (χ2v) is 4.15. The minimum atomic E-state index is 1.11. The minimum absolute atomic E-state index is 1.11. The summed E-state index contributed by atoms with van der Waals surface area (Å²) in [5.74, 6) is 0. The summed E-state index contributed by atoms with van der Waals surface area (Å²) in [7, 11) is 1.95. The number of unbranched alkanes of at least 4 members (excludes halogenated alkanes) is 1. The molecule has 2 nitrogen and oxygen atoms in total. The van der Waals surface area contributed by atoms with Gasteiger partial charge in [-0.2, -0.15) is 0 Å². The molecule has 0 aliphatic heterocycles. The van der Waals surface area contributed by atoms with E-state index in [-0.39, 0.29) is 0 Å². The first kappa shape index (κ1) is 14.5. The van der Waals surface area contributed by atoms with Crippen LogP contribution in [0.5, 0.6) is 0 Å². The van der Waals surface area contributed by atoms with Gasteiger partial charge in [0, 0.05) is 12.7 Å². The molecule has 0 fully saturated rings. The van der Waals surface area contributed by atoms with Crippen molar-refractivity contribution in [1.29, 1.82) is 0 Å². The highest BCUT2D eigenvalue weighted by atomic mass is 15.1. The molecule has 0 rings (SSSR count). The Hall–Kier alpha value is -0.500. The van der Waals surface area contributed by atoms with Gasteiger partial charge in [-0.15, -0.1) is 0 Å². The van der Waals surface area contributed by atoms with E-state index in [0.717, 1.165) is 12.1 Å². The lowest BCUT2D eigenvalue weighted by Crippen LogP contribution is -2.26. The molecular formula is C13H28N2. The van der Waals surface area contributed by atoms with Gasteiger partial charge in [0.05, 0.1) is 0 Å². The smallest absolute Gasteiger partial charge is 0.00310 e. The molecule has 0 amide bonds. The highest BCUT2D eigenvalue weighted by Crippen LogP contribution is 2.04. The minimum Gasteiger partial charge on any atom is -0.392 e. The van der Waals surface area contributed by atoms with Crippen molar-refractivity contribution in [1.82, 2.24) is 10.2 Å². The van der Waals surface area contributed by atoms with Gasteiger partial charge in [-0.05, 0) is 51.7 Å². The molecule has 2 heteroatoms. The molecule has 0 aliphatic carbocycles. The van der Waals surface area contributed by atoms with E-state index in [4.69, 9.17) is 0 Å². The third-order valence-electron chi connectivity index (χ3n) is 2.64. The molecule has 0 saturated carbocycles. The molecule has 0 atom stereocenters. The number of allylic oxidation sites excluding steroid dienone is 1. The molecular weight excluding hydrogens is 184 g/mol. The van der Waals surface area contributed by atoms with E-state index in [2.05, 4.69) is 30.6 Å². The van der Waals surface area contributed by atoms with Gasteiger partial charge < -0.3 is 10.2 Å². The molecule has 0 heterocycles. The van der Waals surface area contributed by atoms with Crippen LogP contribution < -0.4 is 5.32 Å². The fourth-order valence-corrected chi connectivity index (χ4v) is 1.77. The Kier molecular flexibility index (Phi) is 9.70. The average molecular weight is 212 g/mol.